The molecule has 1 fully saturated rings. The maximum absolute atomic E-state index is 12.6. The Kier molecular flexibility index (Phi) is 8.50. The molecule has 0 radical (unpaired) electrons. The van der Waals surface area contributed by atoms with E-state index >= 15 is 0 Å². The zero-order chi connectivity index (χ0) is 24.7. The standard InChI is InChI=1S/C24H32N4O6/c1-4-25(5-2)24(29)19-6-7-21(22(16-19)33-3)34-15-11-18-8-12-26(13-9-18)23-17-20(28(31)32)10-14-27(23)30/h6-7,10,14,16-18H,4-5,8-9,11-13,15H2,1-3H3. The van der Waals surface area contributed by atoms with Gasteiger partial charge in [0, 0.05) is 18.7 Å². The Bertz CT molecular complexity index is 1000. The average Bonchev–Trinajstić information content (AvgIpc) is 2.85. The van der Waals surface area contributed by atoms with Gasteiger partial charge >= 0.3 is 0 Å². The summed E-state index contributed by atoms with van der Waals surface area (Å²) >= 11 is 0. The molecule has 0 bridgehead atoms. The topological polar surface area (TPSA) is 112 Å². The van der Waals surface area contributed by atoms with Crippen LogP contribution in [0.2, 0.25) is 0 Å². The Balaban J connectivity index is 1.53. The number of carbonyl (C=O) groups is 1. The highest BCUT2D eigenvalue weighted by Gasteiger charge is 2.27. The molecule has 0 spiro atoms. The van der Waals surface area contributed by atoms with Gasteiger partial charge in [0.25, 0.3) is 17.4 Å². The van der Waals surface area contributed by atoms with Crippen molar-refractivity contribution in [1.82, 2.24) is 4.90 Å². The second-order valence-electron chi connectivity index (χ2n) is 8.24. The number of carbonyl (C=O) groups excluding carboxylic acids is 1. The first kappa shape index (κ1) is 25.1. The molecule has 1 aliphatic heterocycles. The van der Waals surface area contributed by atoms with Crippen LogP contribution in [0.4, 0.5) is 11.5 Å². The number of hydrogen-bond acceptors (Lipinski definition) is 7. The fourth-order valence-electron chi connectivity index (χ4n) is 4.21. The van der Waals surface area contributed by atoms with Gasteiger partial charge in [0.2, 0.25) is 0 Å². The smallest absolute Gasteiger partial charge is 0.286 e. The van der Waals surface area contributed by atoms with Crippen LogP contribution in [-0.2, 0) is 0 Å². The normalized spacial score (nSPS) is 14.0. The second-order valence-corrected chi connectivity index (χ2v) is 8.24. The zero-order valence-electron chi connectivity index (χ0n) is 19.9. The third-order valence-electron chi connectivity index (χ3n) is 6.28. The van der Waals surface area contributed by atoms with E-state index < -0.39 is 4.92 Å². The van der Waals surface area contributed by atoms with E-state index in [2.05, 4.69) is 0 Å². The number of hydrogen-bond donors (Lipinski definition) is 0. The molecule has 0 aliphatic carbocycles. The molecule has 3 rings (SSSR count). The lowest BCUT2D eigenvalue weighted by Gasteiger charge is -2.29. The molecule has 2 aromatic rings. The van der Waals surface area contributed by atoms with Gasteiger partial charge in [-0.25, -0.2) is 4.73 Å². The molecule has 184 valence electrons. The van der Waals surface area contributed by atoms with Crippen LogP contribution in [0.3, 0.4) is 0 Å². The van der Waals surface area contributed by atoms with E-state index in [0.29, 0.717) is 66.3 Å². The first-order valence-corrected chi connectivity index (χ1v) is 11.6. The minimum atomic E-state index is -0.492. The number of anilines is 1. The van der Waals surface area contributed by atoms with Gasteiger partial charge in [-0.05, 0) is 57.2 Å². The fraction of sp³-hybridized carbons (Fsp3) is 0.500. The molecule has 1 aromatic carbocycles. The monoisotopic (exact) mass is 472 g/mol. The number of rotatable bonds is 10. The molecule has 10 nitrogen and oxygen atoms in total. The zero-order valence-corrected chi connectivity index (χ0v) is 19.9. The Morgan fingerprint density at radius 3 is 2.50 bits per heavy atom. The van der Waals surface area contributed by atoms with Crippen molar-refractivity contribution in [2.75, 3.05) is 44.8 Å². The van der Waals surface area contributed by atoms with Gasteiger partial charge in [-0.2, -0.15) is 0 Å². The summed E-state index contributed by atoms with van der Waals surface area (Å²) in [7, 11) is 1.56. The first-order chi connectivity index (χ1) is 16.4. The second kappa shape index (κ2) is 11.5. The molecule has 0 N–H and O–H groups in total. The van der Waals surface area contributed by atoms with Crippen LogP contribution in [0.25, 0.3) is 0 Å². The van der Waals surface area contributed by atoms with E-state index in [0.717, 1.165) is 19.3 Å². The number of methoxy groups -OCH3 is 1. The molecule has 1 amide bonds. The minimum Gasteiger partial charge on any atom is -0.711 e. The number of benzene rings is 1. The minimum absolute atomic E-state index is 0.0373. The largest absolute Gasteiger partial charge is 0.711 e. The van der Waals surface area contributed by atoms with E-state index in [4.69, 9.17) is 9.47 Å². The van der Waals surface area contributed by atoms with Gasteiger partial charge < -0.3 is 19.6 Å². The Hall–Kier alpha value is -3.56. The molecule has 0 atom stereocenters. The number of aromatic nitrogens is 1. The summed E-state index contributed by atoms with van der Waals surface area (Å²) in [5.41, 5.74) is 0.480. The molecule has 34 heavy (non-hydrogen) atoms. The van der Waals surface area contributed by atoms with Gasteiger partial charge in [-0.3, -0.25) is 19.8 Å². The highest BCUT2D eigenvalue weighted by atomic mass is 16.6. The highest BCUT2D eigenvalue weighted by Crippen LogP contribution is 2.30. The number of amides is 1. The van der Waals surface area contributed by atoms with Crippen LogP contribution in [0, 0.1) is 21.2 Å². The van der Waals surface area contributed by atoms with Crippen molar-refractivity contribution in [3.05, 3.63) is 57.4 Å². The molecule has 0 unspecified atom stereocenters. The maximum atomic E-state index is 12.6. The lowest BCUT2D eigenvalue weighted by atomic mass is 9.94. The van der Waals surface area contributed by atoms with Crippen molar-refractivity contribution in [1.29, 1.82) is 0 Å². The lowest BCUT2D eigenvalue weighted by molar-refractivity contribution is -0.593. The quantitative estimate of drug-likeness (QED) is 0.225. The third kappa shape index (κ3) is 5.86. The summed E-state index contributed by atoms with van der Waals surface area (Å²) in [6, 6.07) is 7.78. The summed E-state index contributed by atoms with van der Waals surface area (Å²) in [5.74, 6) is 1.82. The third-order valence-corrected chi connectivity index (χ3v) is 6.28. The SMILES string of the molecule is CCN(CC)C(=O)c1ccc(OCCC2CCN(c3cc([N+](=O)[O-])cc[n+]3[O-])CC2)c(OC)c1. The van der Waals surface area contributed by atoms with Gasteiger partial charge in [0.1, 0.15) is 12.3 Å². The van der Waals surface area contributed by atoms with Gasteiger partial charge in [-0.15, -0.1) is 0 Å². The van der Waals surface area contributed by atoms with Crippen molar-refractivity contribution in [3.63, 3.8) is 0 Å². The van der Waals surface area contributed by atoms with Crippen LogP contribution < -0.4 is 19.1 Å². The molecule has 0 saturated carbocycles. The van der Waals surface area contributed by atoms with Gasteiger partial charge in [-0.1, -0.05) is 0 Å². The number of pyridine rings is 1. The summed E-state index contributed by atoms with van der Waals surface area (Å²) in [4.78, 5) is 26.8. The van der Waals surface area contributed by atoms with E-state index in [1.807, 2.05) is 18.7 Å². The Labute approximate surface area is 199 Å². The predicted octanol–water partition coefficient (Wildman–Crippen LogP) is 3.40. The van der Waals surface area contributed by atoms with Crippen LogP contribution >= 0.6 is 0 Å². The molecule has 2 heterocycles. The molecule has 1 aromatic heterocycles. The summed E-state index contributed by atoms with van der Waals surface area (Å²) in [6.45, 7) is 6.99. The molecular weight excluding hydrogens is 440 g/mol. The Morgan fingerprint density at radius 2 is 1.88 bits per heavy atom. The van der Waals surface area contributed by atoms with Crippen LogP contribution in [0.1, 0.15) is 43.5 Å². The van der Waals surface area contributed by atoms with Gasteiger partial charge in [0.05, 0.1) is 37.8 Å². The number of piperidine rings is 1. The number of nitro groups is 1. The van der Waals surface area contributed by atoms with Crippen molar-refractivity contribution in [2.24, 2.45) is 5.92 Å². The van der Waals surface area contributed by atoms with E-state index in [1.54, 1.807) is 30.2 Å². The van der Waals surface area contributed by atoms with Crippen molar-refractivity contribution in [3.8, 4) is 11.5 Å². The Morgan fingerprint density at radius 1 is 1.18 bits per heavy atom. The van der Waals surface area contributed by atoms with Crippen molar-refractivity contribution < 1.29 is 23.9 Å². The molecule has 1 aliphatic rings. The number of ether oxygens (including phenoxy) is 2. The van der Waals surface area contributed by atoms with Gasteiger partial charge in [0.15, 0.2) is 11.5 Å². The van der Waals surface area contributed by atoms with Crippen molar-refractivity contribution in [2.45, 2.75) is 33.1 Å². The predicted molar refractivity (Wildman–Crippen MR) is 127 cm³/mol. The van der Waals surface area contributed by atoms with E-state index in [9.17, 15) is 20.1 Å². The summed E-state index contributed by atoms with van der Waals surface area (Å²) in [5, 5.41) is 23.1. The van der Waals surface area contributed by atoms with Crippen LogP contribution in [-0.4, -0.2) is 55.6 Å². The average molecular weight is 473 g/mol. The van der Waals surface area contributed by atoms with Crippen LogP contribution in [0.5, 0.6) is 11.5 Å². The molecular formula is C24H32N4O6. The summed E-state index contributed by atoms with van der Waals surface area (Å²) < 4.78 is 12.1. The lowest BCUT2D eigenvalue weighted by Crippen LogP contribution is -2.42. The van der Waals surface area contributed by atoms with Crippen LogP contribution in [0.15, 0.2) is 36.5 Å². The van der Waals surface area contributed by atoms with E-state index in [1.165, 1.54) is 18.3 Å². The molecule has 10 heteroatoms. The van der Waals surface area contributed by atoms with Crippen molar-refractivity contribution >= 4 is 17.4 Å². The number of nitrogens with zero attached hydrogens (tertiary/aromatic N) is 4. The fourth-order valence-corrected chi connectivity index (χ4v) is 4.21. The first-order valence-electron chi connectivity index (χ1n) is 11.6. The van der Waals surface area contributed by atoms with E-state index in [-0.39, 0.29) is 11.6 Å². The molecule has 1 saturated heterocycles. The highest BCUT2D eigenvalue weighted by molar-refractivity contribution is 5.94. The summed E-state index contributed by atoms with van der Waals surface area (Å²) in [6.07, 6.45) is 3.74. The maximum Gasteiger partial charge on any atom is 0.286 e.